The first-order valence-electron chi connectivity index (χ1n) is 10.9. The summed E-state index contributed by atoms with van der Waals surface area (Å²) in [4.78, 5) is 0. The maximum atomic E-state index is 15.1. The topological polar surface area (TPSA) is 27.7 Å². The van der Waals surface area contributed by atoms with Gasteiger partial charge in [-0.05, 0) is 36.6 Å². The molecule has 1 saturated carbocycles. The van der Waals surface area contributed by atoms with Crippen molar-refractivity contribution >= 4 is 0 Å². The minimum atomic E-state index is -3.03. The maximum Gasteiger partial charge on any atom is 0.286 e. The highest BCUT2D eigenvalue weighted by Crippen LogP contribution is 2.39. The van der Waals surface area contributed by atoms with Crippen LogP contribution in [-0.4, -0.2) is 24.2 Å². The van der Waals surface area contributed by atoms with Crippen LogP contribution in [0.4, 0.5) is 8.78 Å². The summed E-state index contributed by atoms with van der Waals surface area (Å²) in [5.41, 5.74) is 2.94. The second kappa shape index (κ2) is 10.2. The molecular weight excluding hydrogens is 410 g/mol. The number of alkyl halides is 2. The Morgan fingerprint density at radius 1 is 0.781 bits per heavy atom. The monoisotopic (exact) mass is 438 g/mol. The number of rotatable bonds is 8. The first-order chi connectivity index (χ1) is 15.5. The van der Waals surface area contributed by atoms with Crippen molar-refractivity contribution in [3.63, 3.8) is 0 Å². The van der Waals surface area contributed by atoms with E-state index in [1.165, 1.54) is 0 Å². The Morgan fingerprint density at radius 3 is 1.94 bits per heavy atom. The second-order valence-corrected chi connectivity index (χ2v) is 8.25. The molecule has 0 amide bonds. The third-order valence-electron chi connectivity index (χ3n) is 5.72. The van der Waals surface area contributed by atoms with E-state index in [-0.39, 0.29) is 19.4 Å². The van der Waals surface area contributed by atoms with E-state index in [0.717, 1.165) is 16.7 Å². The minimum absolute atomic E-state index is 0.201. The van der Waals surface area contributed by atoms with E-state index in [4.69, 9.17) is 14.2 Å². The zero-order valence-corrected chi connectivity index (χ0v) is 18.1. The fourth-order valence-corrected chi connectivity index (χ4v) is 3.91. The Hall–Kier alpha value is -2.76. The summed E-state index contributed by atoms with van der Waals surface area (Å²) < 4.78 is 48.2. The molecule has 0 N–H and O–H groups in total. The minimum Gasteiger partial charge on any atom is -0.481 e. The van der Waals surface area contributed by atoms with Gasteiger partial charge in [0.05, 0.1) is 19.3 Å². The second-order valence-electron chi connectivity index (χ2n) is 8.25. The van der Waals surface area contributed by atoms with Crippen molar-refractivity contribution in [2.75, 3.05) is 0 Å². The fourth-order valence-electron chi connectivity index (χ4n) is 3.91. The van der Waals surface area contributed by atoms with Crippen molar-refractivity contribution in [3.05, 3.63) is 102 Å². The molecule has 32 heavy (non-hydrogen) atoms. The number of aryl methyl sites for hydroxylation is 1. The first-order valence-corrected chi connectivity index (χ1v) is 10.9. The Balaban J connectivity index is 1.55. The van der Waals surface area contributed by atoms with Gasteiger partial charge in [-0.2, -0.15) is 0 Å². The van der Waals surface area contributed by atoms with E-state index >= 15 is 8.78 Å². The summed E-state index contributed by atoms with van der Waals surface area (Å²) >= 11 is 0. The highest BCUT2D eigenvalue weighted by molar-refractivity contribution is 5.27. The van der Waals surface area contributed by atoms with Gasteiger partial charge in [-0.3, -0.25) is 0 Å². The number of halogens is 2. The predicted molar refractivity (Wildman–Crippen MR) is 120 cm³/mol. The third-order valence-corrected chi connectivity index (χ3v) is 5.72. The van der Waals surface area contributed by atoms with Gasteiger partial charge in [0, 0.05) is 6.42 Å². The van der Waals surface area contributed by atoms with Crippen LogP contribution in [0.15, 0.2) is 84.9 Å². The Morgan fingerprint density at radius 2 is 1.34 bits per heavy atom. The lowest BCUT2D eigenvalue weighted by Gasteiger charge is -2.42. The van der Waals surface area contributed by atoms with Gasteiger partial charge in [0.15, 0.2) is 6.10 Å². The smallest absolute Gasteiger partial charge is 0.286 e. The van der Waals surface area contributed by atoms with Crippen LogP contribution in [-0.2, 0) is 22.7 Å². The molecule has 0 bridgehead atoms. The van der Waals surface area contributed by atoms with E-state index in [2.05, 4.69) is 0 Å². The van der Waals surface area contributed by atoms with Crippen molar-refractivity contribution < 1.29 is 23.0 Å². The molecule has 1 aliphatic carbocycles. The summed E-state index contributed by atoms with van der Waals surface area (Å²) in [6.45, 7) is 2.48. The van der Waals surface area contributed by atoms with Crippen LogP contribution < -0.4 is 4.74 Å². The van der Waals surface area contributed by atoms with Crippen LogP contribution >= 0.6 is 0 Å². The van der Waals surface area contributed by atoms with Crippen LogP contribution in [0.5, 0.6) is 5.75 Å². The molecule has 168 valence electrons. The molecule has 0 saturated heterocycles. The van der Waals surface area contributed by atoms with Crippen molar-refractivity contribution in [1.82, 2.24) is 0 Å². The molecule has 5 heteroatoms. The van der Waals surface area contributed by atoms with Crippen LogP contribution in [0.2, 0.25) is 0 Å². The molecule has 0 heterocycles. The largest absolute Gasteiger partial charge is 0.481 e. The molecular formula is C27H28F2O3. The van der Waals surface area contributed by atoms with Crippen molar-refractivity contribution in [2.24, 2.45) is 0 Å². The van der Waals surface area contributed by atoms with Gasteiger partial charge in [0.25, 0.3) is 5.92 Å². The van der Waals surface area contributed by atoms with Crippen LogP contribution in [0.25, 0.3) is 0 Å². The number of ether oxygens (including phenoxy) is 3. The molecule has 0 radical (unpaired) electrons. The molecule has 0 aromatic heterocycles. The van der Waals surface area contributed by atoms with Gasteiger partial charge < -0.3 is 14.2 Å². The zero-order valence-electron chi connectivity index (χ0n) is 18.1. The standard InChI is InChI=1S/C27H28F2O3/c1-20-12-14-23(15-13-20)32-26-25(31-19-22-10-6-3-7-11-22)24(16-17-27(26,28)29)30-18-21-8-4-2-5-9-21/h2-15,24-26H,16-19H2,1H3. The Kier molecular flexibility index (Phi) is 7.18. The number of benzene rings is 3. The lowest BCUT2D eigenvalue weighted by atomic mass is 9.88. The van der Waals surface area contributed by atoms with Crippen molar-refractivity contribution in [3.8, 4) is 5.75 Å². The molecule has 4 rings (SSSR count). The summed E-state index contributed by atoms with van der Waals surface area (Å²) in [6, 6.07) is 26.4. The number of hydrogen-bond acceptors (Lipinski definition) is 3. The van der Waals surface area contributed by atoms with Crippen molar-refractivity contribution in [1.29, 1.82) is 0 Å². The average Bonchev–Trinajstić information content (AvgIpc) is 2.81. The first kappa shape index (κ1) is 22.4. The Bertz CT molecular complexity index is 961. The van der Waals surface area contributed by atoms with Crippen LogP contribution in [0.3, 0.4) is 0 Å². The van der Waals surface area contributed by atoms with E-state index in [0.29, 0.717) is 12.4 Å². The maximum absolute atomic E-state index is 15.1. The molecule has 0 spiro atoms. The van der Waals surface area contributed by atoms with E-state index in [9.17, 15) is 0 Å². The van der Waals surface area contributed by atoms with Gasteiger partial charge in [0.1, 0.15) is 11.9 Å². The van der Waals surface area contributed by atoms with Gasteiger partial charge in [-0.15, -0.1) is 0 Å². The quantitative estimate of drug-likeness (QED) is 0.411. The SMILES string of the molecule is Cc1ccc(OC2C(OCc3ccccc3)C(OCc3ccccc3)CCC2(F)F)cc1. The normalized spacial score (nSPS) is 22.4. The molecule has 1 aliphatic rings. The molecule has 0 aliphatic heterocycles. The third kappa shape index (κ3) is 5.72. The molecule has 3 unspecified atom stereocenters. The summed E-state index contributed by atoms with van der Waals surface area (Å²) in [7, 11) is 0. The fraction of sp³-hybridized carbons (Fsp3) is 0.333. The predicted octanol–water partition coefficient (Wildman–Crippen LogP) is 6.34. The van der Waals surface area contributed by atoms with Gasteiger partial charge in [-0.1, -0.05) is 78.4 Å². The van der Waals surface area contributed by atoms with Gasteiger partial charge in [0.2, 0.25) is 0 Å². The average molecular weight is 439 g/mol. The van der Waals surface area contributed by atoms with Gasteiger partial charge >= 0.3 is 0 Å². The highest BCUT2D eigenvalue weighted by atomic mass is 19.3. The van der Waals surface area contributed by atoms with Gasteiger partial charge in [-0.25, -0.2) is 8.78 Å². The number of hydrogen-bond donors (Lipinski definition) is 0. The van der Waals surface area contributed by atoms with Crippen molar-refractivity contribution in [2.45, 2.75) is 57.2 Å². The summed E-state index contributed by atoms with van der Waals surface area (Å²) in [6.07, 6.45) is -2.97. The molecule has 3 aromatic carbocycles. The molecule has 3 nitrogen and oxygen atoms in total. The zero-order chi connectivity index (χ0) is 22.4. The summed E-state index contributed by atoms with van der Waals surface area (Å²) in [5.74, 6) is -2.63. The highest BCUT2D eigenvalue weighted by Gasteiger charge is 2.54. The lowest BCUT2D eigenvalue weighted by molar-refractivity contribution is -0.224. The van der Waals surface area contributed by atoms with E-state index in [1.807, 2.05) is 79.7 Å². The van der Waals surface area contributed by atoms with Crippen LogP contribution in [0.1, 0.15) is 29.5 Å². The lowest BCUT2D eigenvalue weighted by Crippen LogP contribution is -2.57. The van der Waals surface area contributed by atoms with Crippen LogP contribution in [0, 0.1) is 6.92 Å². The molecule has 3 atom stereocenters. The summed E-state index contributed by atoms with van der Waals surface area (Å²) in [5, 5.41) is 0. The Labute approximate surface area is 187 Å². The van der Waals surface area contributed by atoms with E-state index in [1.54, 1.807) is 12.1 Å². The molecule has 1 fully saturated rings. The molecule has 3 aromatic rings. The van der Waals surface area contributed by atoms with E-state index < -0.39 is 24.2 Å².